The molecule has 1 atom stereocenters. The summed E-state index contributed by atoms with van der Waals surface area (Å²) in [7, 11) is 1.94. The van der Waals surface area contributed by atoms with Gasteiger partial charge in [0.05, 0.1) is 10.3 Å². The Morgan fingerprint density at radius 1 is 1.59 bits per heavy atom. The van der Waals surface area contributed by atoms with Gasteiger partial charge in [0.1, 0.15) is 5.82 Å². The van der Waals surface area contributed by atoms with Crippen LogP contribution in [0.4, 0.5) is 4.39 Å². The predicted octanol–water partition coefficient (Wildman–Crippen LogP) is 2.73. The van der Waals surface area contributed by atoms with Gasteiger partial charge in [0, 0.05) is 19.0 Å². The van der Waals surface area contributed by atoms with Gasteiger partial charge in [-0.15, -0.1) is 0 Å². The van der Waals surface area contributed by atoms with E-state index in [0.29, 0.717) is 17.4 Å². The van der Waals surface area contributed by atoms with Gasteiger partial charge < -0.3 is 5.73 Å². The molecule has 1 aromatic rings. The van der Waals surface area contributed by atoms with Crippen molar-refractivity contribution in [1.82, 2.24) is 4.90 Å². The van der Waals surface area contributed by atoms with Gasteiger partial charge in [0.15, 0.2) is 0 Å². The summed E-state index contributed by atoms with van der Waals surface area (Å²) in [4.78, 5) is 2.04. The second kappa shape index (κ2) is 6.12. The summed E-state index contributed by atoms with van der Waals surface area (Å²) in [6, 6.07) is 5.15. The summed E-state index contributed by atoms with van der Waals surface area (Å²) in [6.07, 6.45) is 0.517. The Kier molecular flexibility index (Phi) is 5.08. The average Bonchev–Trinajstić information content (AvgIpc) is 2.23. The number of nitrogens with two attached hydrogens (primary N) is 1. The topological polar surface area (TPSA) is 53.1 Å². The fourth-order valence-electron chi connectivity index (χ4n) is 1.57. The van der Waals surface area contributed by atoms with E-state index in [0.717, 1.165) is 5.56 Å². The van der Waals surface area contributed by atoms with Gasteiger partial charge >= 0.3 is 0 Å². The number of nitrogens with zero attached hydrogens (tertiary/aromatic N) is 1. The molecule has 0 aliphatic heterocycles. The predicted molar refractivity (Wildman–Crippen MR) is 71.6 cm³/mol. The van der Waals surface area contributed by atoms with Crippen LogP contribution >= 0.6 is 15.9 Å². The summed E-state index contributed by atoms with van der Waals surface area (Å²) in [5.41, 5.74) is 6.26. The van der Waals surface area contributed by atoms with Gasteiger partial charge in [-0.05, 0) is 41.5 Å². The van der Waals surface area contributed by atoms with Crippen molar-refractivity contribution in [3.8, 4) is 0 Å². The number of halogens is 2. The zero-order chi connectivity index (χ0) is 13.0. The molecule has 1 rings (SSSR count). The Hall–Kier alpha value is -0.940. The number of benzene rings is 1. The third kappa shape index (κ3) is 4.09. The third-order valence-electron chi connectivity index (χ3n) is 2.72. The molecule has 0 spiro atoms. The lowest BCUT2D eigenvalue weighted by Crippen LogP contribution is -2.32. The normalized spacial score (nSPS) is 12.8. The third-order valence-corrected chi connectivity index (χ3v) is 3.61. The number of amidine groups is 1. The van der Waals surface area contributed by atoms with Crippen LogP contribution in [0.2, 0.25) is 0 Å². The fraction of sp³-hybridized carbons (Fsp3) is 0.417. The summed E-state index contributed by atoms with van der Waals surface area (Å²) >= 11 is 3.24. The van der Waals surface area contributed by atoms with Gasteiger partial charge in [-0.3, -0.25) is 10.3 Å². The van der Waals surface area contributed by atoms with Crippen LogP contribution < -0.4 is 5.73 Å². The minimum absolute atomic E-state index is 0.155. The van der Waals surface area contributed by atoms with E-state index in [2.05, 4.69) is 15.9 Å². The van der Waals surface area contributed by atoms with E-state index in [1.807, 2.05) is 24.9 Å². The molecule has 0 heterocycles. The van der Waals surface area contributed by atoms with Gasteiger partial charge in [-0.1, -0.05) is 12.1 Å². The second-order valence-corrected chi connectivity index (χ2v) is 5.00. The van der Waals surface area contributed by atoms with Crippen LogP contribution in [-0.2, 0) is 6.54 Å². The Morgan fingerprint density at radius 3 is 2.82 bits per heavy atom. The highest BCUT2D eigenvalue weighted by Gasteiger charge is 2.13. The molecule has 0 bridgehead atoms. The molecule has 0 aromatic heterocycles. The Morgan fingerprint density at radius 2 is 2.24 bits per heavy atom. The molecule has 0 aliphatic carbocycles. The minimum atomic E-state index is -0.255. The summed E-state index contributed by atoms with van der Waals surface area (Å²) in [5, 5.41) is 7.26. The number of rotatable bonds is 5. The van der Waals surface area contributed by atoms with Crippen LogP contribution in [0.5, 0.6) is 0 Å². The van der Waals surface area contributed by atoms with Crippen molar-refractivity contribution >= 4 is 21.8 Å². The first kappa shape index (κ1) is 14.1. The molecule has 0 fully saturated rings. The molecule has 0 aliphatic rings. The minimum Gasteiger partial charge on any atom is -0.388 e. The van der Waals surface area contributed by atoms with Gasteiger partial charge in [-0.25, -0.2) is 4.39 Å². The van der Waals surface area contributed by atoms with E-state index < -0.39 is 0 Å². The van der Waals surface area contributed by atoms with E-state index in [4.69, 9.17) is 11.1 Å². The second-order valence-electron chi connectivity index (χ2n) is 4.21. The van der Waals surface area contributed by atoms with Gasteiger partial charge in [0.25, 0.3) is 0 Å². The van der Waals surface area contributed by atoms with E-state index in [1.165, 1.54) is 6.07 Å². The van der Waals surface area contributed by atoms with E-state index in [1.54, 1.807) is 6.07 Å². The lowest BCUT2D eigenvalue weighted by molar-refractivity contribution is 0.253. The Labute approximate surface area is 109 Å². The first-order valence-electron chi connectivity index (χ1n) is 5.38. The lowest BCUT2D eigenvalue weighted by atomic mass is 10.1. The molecule has 1 aromatic carbocycles. The van der Waals surface area contributed by atoms with E-state index in [9.17, 15) is 4.39 Å². The highest BCUT2D eigenvalue weighted by atomic mass is 79.9. The monoisotopic (exact) mass is 301 g/mol. The number of hydrogen-bond donors (Lipinski definition) is 2. The summed E-state index contributed by atoms with van der Waals surface area (Å²) in [6.45, 7) is 2.61. The van der Waals surface area contributed by atoms with Crippen molar-refractivity contribution in [3.63, 3.8) is 0 Å². The Balaban J connectivity index is 2.70. The maximum Gasteiger partial charge on any atom is 0.137 e. The van der Waals surface area contributed by atoms with Crippen LogP contribution in [0.1, 0.15) is 18.9 Å². The zero-order valence-corrected chi connectivity index (χ0v) is 11.6. The first-order chi connectivity index (χ1) is 7.91. The van der Waals surface area contributed by atoms with Gasteiger partial charge in [0.2, 0.25) is 0 Å². The smallest absolute Gasteiger partial charge is 0.137 e. The van der Waals surface area contributed by atoms with Crippen LogP contribution in [0.25, 0.3) is 0 Å². The summed E-state index contributed by atoms with van der Waals surface area (Å²) < 4.78 is 13.8. The molecular weight excluding hydrogens is 285 g/mol. The SMILES string of the molecule is CC(CC(=N)N)N(C)Cc1cccc(F)c1Br. The molecule has 3 N–H and O–H groups in total. The van der Waals surface area contributed by atoms with E-state index in [-0.39, 0.29) is 17.7 Å². The molecule has 94 valence electrons. The van der Waals surface area contributed by atoms with Gasteiger partial charge in [-0.2, -0.15) is 0 Å². The van der Waals surface area contributed by atoms with Crippen molar-refractivity contribution in [2.24, 2.45) is 5.73 Å². The molecule has 17 heavy (non-hydrogen) atoms. The molecule has 0 amide bonds. The molecular formula is C12H17BrFN3. The largest absolute Gasteiger partial charge is 0.388 e. The van der Waals surface area contributed by atoms with Crippen molar-refractivity contribution in [3.05, 3.63) is 34.1 Å². The van der Waals surface area contributed by atoms with Crippen LogP contribution in [0.3, 0.4) is 0 Å². The Bertz CT molecular complexity index is 409. The van der Waals surface area contributed by atoms with Crippen molar-refractivity contribution < 1.29 is 4.39 Å². The molecule has 0 saturated heterocycles. The molecule has 1 unspecified atom stereocenters. The average molecular weight is 302 g/mol. The highest BCUT2D eigenvalue weighted by molar-refractivity contribution is 9.10. The number of nitrogens with one attached hydrogen (secondary N) is 1. The highest BCUT2D eigenvalue weighted by Crippen LogP contribution is 2.22. The maximum atomic E-state index is 13.3. The van der Waals surface area contributed by atoms with Crippen molar-refractivity contribution in [1.29, 1.82) is 5.41 Å². The van der Waals surface area contributed by atoms with E-state index >= 15 is 0 Å². The van der Waals surface area contributed by atoms with Crippen LogP contribution in [0.15, 0.2) is 22.7 Å². The molecule has 0 radical (unpaired) electrons. The molecule has 3 nitrogen and oxygen atoms in total. The van der Waals surface area contributed by atoms with Crippen LogP contribution in [0, 0.1) is 11.2 Å². The van der Waals surface area contributed by atoms with Crippen LogP contribution in [-0.4, -0.2) is 23.8 Å². The quantitative estimate of drug-likeness (QED) is 0.649. The number of hydrogen-bond acceptors (Lipinski definition) is 2. The fourth-order valence-corrected chi connectivity index (χ4v) is 1.96. The first-order valence-corrected chi connectivity index (χ1v) is 6.17. The summed E-state index contributed by atoms with van der Waals surface area (Å²) in [5.74, 6) is -0.0854. The van der Waals surface area contributed by atoms with Crippen molar-refractivity contribution in [2.75, 3.05) is 7.05 Å². The molecule has 5 heteroatoms. The zero-order valence-electron chi connectivity index (χ0n) is 10.0. The standard InChI is InChI=1S/C12H17BrFN3/c1-8(6-11(15)16)17(2)7-9-4-3-5-10(14)12(9)13/h3-5,8H,6-7H2,1-2H3,(H3,15,16). The molecule has 0 saturated carbocycles. The van der Waals surface area contributed by atoms with Crippen molar-refractivity contribution in [2.45, 2.75) is 25.9 Å². The maximum absolute atomic E-state index is 13.3. The lowest BCUT2D eigenvalue weighted by Gasteiger charge is -2.24.